The molecule has 4 heteroatoms. The highest BCUT2D eigenvalue weighted by Crippen LogP contribution is 2.37. The molecule has 1 aromatic rings. The zero-order valence-corrected chi connectivity index (χ0v) is 9.43. The van der Waals surface area contributed by atoms with E-state index in [1.807, 2.05) is 12.1 Å². The third-order valence-electron chi connectivity index (χ3n) is 2.37. The van der Waals surface area contributed by atoms with Gasteiger partial charge in [-0.2, -0.15) is 0 Å². The lowest BCUT2D eigenvalue weighted by Gasteiger charge is -2.12. The predicted octanol–water partition coefficient (Wildman–Crippen LogP) is 1.17. The average Bonchev–Trinajstić information content (AvgIpc) is 2.62. The SMILES string of the molecule is CNCC(=O)NC1CSc2ccccc21. The minimum Gasteiger partial charge on any atom is -0.347 e. The number of carbonyl (C=O) groups excluding carboxylic acids is 1. The van der Waals surface area contributed by atoms with Crippen molar-refractivity contribution >= 4 is 17.7 Å². The van der Waals surface area contributed by atoms with Gasteiger partial charge in [0.15, 0.2) is 0 Å². The zero-order chi connectivity index (χ0) is 10.7. The lowest BCUT2D eigenvalue weighted by Crippen LogP contribution is -2.35. The summed E-state index contributed by atoms with van der Waals surface area (Å²) in [7, 11) is 1.77. The number of hydrogen-bond donors (Lipinski definition) is 2. The maximum atomic E-state index is 11.4. The van der Waals surface area contributed by atoms with Gasteiger partial charge < -0.3 is 10.6 Å². The summed E-state index contributed by atoms with van der Waals surface area (Å²) in [5.74, 6) is 0.995. The van der Waals surface area contributed by atoms with Crippen molar-refractivity contribution in [3.05, 3.63) is 29.8 Å². The Kier molecular flexibility index (Phi) is 3.28. The Morgan fingerprint density at radius 3 is 3.13 bits per heavy atom. The van der Waals surface area contributed by atoms with Crippen LogP contribution < -0.4 is 10.6 Å². The molecule has 0 aromatic heterocycles. The van der Waals surface area contributed by atoms with Gasteiger partial charge in [-0.1, -0.05) is 18.2 Å². The minimum absolute atomic E-state index is 0.0554. The fourth-order valence-corrected chi connectivity index (χ4v) is 2.85. The van der Waals surface area contributed by atoms with Crippen LogP contribution in [-0.2, 0) is 4.79 Å². The number of benzene rings is 1. The van der Waals surface area contributed by atoms with Crippen molar-refractivity contribution in [2.75, 3.05) is 19.3 Å². The van der Waals surface area contributed by atoms with Crippen molar-refractivity contribution in [2.45, 2.75) is 10.9 Å². The van der Waals surface area contributed by atoms with Crippen LogP contribution in [0.15, 0.2) is 29.2 Å². The average molecular weight is 222 g/mol. The van der Waals surface area contributed by atoms with E-state index in [4.69, 9.17) is 0 Å². The molecule has 1 heterocycles. The molecule has 0 spiro atoms. The van der Waals surface area contributed by atoms with E-state index in [0.29, 0.717) is 6.54 Å². The molecular formula is C11H14N2OS. The third kappa shape index (κ3) is 2.33. The largest absolute Gasteiger partial charge is 0.347 e. The van der Waals surface area contributed by atoms with Gasteiger partial charge >= 0.3 is 0 Å². The Morgan fingerprint density at radius 2 is 2.33 bits per heavy atom. The van der Waals surface area contributed by atoms with Gasteiger partial charge in [-0.15, -0.1) is 11.8 Å². The van der Waals surface area contributed by atoms with Crippen LogP contribution in [0.5, 0.6) is 0 Å². The van der Waals surface area contributed by atoms with Crippen LogP contribution in [0.4, 0.5) is 0 Å². The molecule has 0 fully saturated rings. The molecule has 2 N–H and O–H groups in total. The first-order valence-electron chi connectivity index (χ1n) is 4.97. The smallest absolute Gasteiger partial charge is 0.234 e. The number of thioether (sulfide) groups is 1. The molecule has 2 rings (SSSR count). The van der Waals surface area contributed by atoms with Gasteiger partial charge in [0.05, 0.1) is 12.6 Å². The molecule has 0 bridgehead atoms. The first-order valence-corrected chi connectivity index (χ1v) is 5.95. The van der Waals surface area contributed by atoms with Crippen LogP contribution in [-0.4, -0.2) is 25.3 Å². The van der Waals surface area contributed by atoms with Gasteiger partial charge in [0.2, 0.25) is 5.91 Å². The van der Waals surface area contributed by atoms with E-state index in [1.54, 1.807) is 18.8 Å². The van der Waals surface area contributed by atoms with Crippen LogP contribution >= 0.6 is 11.8 Å². The first-order chi connectivity index (χ1) is 7.31. The summed E-state index contributed by atoms with van der Waals surface area (Å²) in [6.07, 6.45) is 0. The molecule has 80 valence electrons. The Hall–Kier alpha value is -1.00. The van der Waals surface area contributed by atoms with Crippen LogP contribution in [0.25, 0.3) is 0 Å². The normalized spacial score (nSPS) is 18.6. The molecule has 1 aromatic carbocycles. The first kappa shape index (κ1) is 10.5. The third-order valence-corrected chi connectivity index (χ3v) is 3.56. The predicted molar refractivity (Wildman–Crippen MR) is 62.0 cm³/mol. The van der Waals surface area contributed by atoms with Gasteiger partial charge in [0.1, 0.15) is 0 Å². The molecule has 0 radical (unpaired) electrons. The molecule has 1 atom stereocenters. The molecule has 15 heavy (non-hydrogen) atoms. The maximum absolute atomic E-state index is 11.4. The van der Waals surface area contributed by atoms with Gasteiger partial charge in [-0.25, -0.2) is 0 Å². The number of rotatable bonds is 3. The molecule has 3 nitrogen and oxygen atoms in total. The van der Waals surface area contributed by atoms with Crippen molar-refractivity contribution in [3.8, 4) is 0 Å². The van der Waals surface area contributed by atoms with Crippen LogP contribution in [0.3, 0.4) is 0 Å². The molecule has 0 aliphatic carbocycles. The van der Waals surface area contributed by atoms with Crippen molar-refractivity contribution in [2.24, 2.45) is 0 Å². The van der Waals surface area contributed by atoms with E-state index in [1.165, 1.54) is 10.5 Å². The van der Waals surface area contributed by atoms with Crippen molar-refractivity contribution < 1.29 is 4.79 Å². The fourth-order valence-electron chi connectivity index (χ4n) is 1.69. The quantitative estimate of drug-likeness (QED) is 0.806. The van der Waals surface area contributed by atoms with E-state index < -0.39 is 0 Å². The Labute approximate surface area is 93.6 Å². The lowest BCUT2D eigenvalue weighted by atomic mass is 10.1. The Morgan fingerprint density at radius 1 is 1.53 bits per heavy atom. The molecule has 0 saturated heterocycles. The van der Waals surface area contributed by atoms with Gasteiger partial charge in [-0.05, 0) is 18.7 Å². The van der Waals surface area contributed by atoms with E-state index >= 15 is 0 Å². The van der Waals surface area contributed by atoms with Crippen molar-refractivity contribution in [3.63, 3.8) is 0 Å². The topological polar surface area (TPSA) is 41.1 Å². The number of hydrogen-bond acceptors (Lipinski definition) is 3. The Bertz CT molecular complexity index is 367. The lowest BCUT2D eigenvalue weighted by molar-refractivity contribution is -0.120. The Balaban J connectivity index is 2.04. The highest BCUT2D eigenvalue weighted by Gasteiger charge is 2.23. The second-order valence-corrected chi connectivity index (χ2v) is 4.56. The van der Waals surface area contributed by atoms with E-state index in [-0.39, 0.29) is 11.9 Å². The van der Waals surface area contributed by atoms with Crippen LogP contribution in [0.1, 0.15) is 11.6 Å². The summed E-state index contributed by atoms with van der Waals surface area (Å²) in [6.45, 7) is 0.378. The highest BCUT2D eigenvalue weighted by atomic mass is 32.2. The van der Waals surface area contributed by atoms with Gasteiger partial charge in [0, 0.05) is 10.6 Å². The molecule has 1 unspecified atom stereocenters. The minimum atomic E-state index is 0.0554. The molecule has 1 amide bonds. The van der Waals surface area contributed by atoms with Crippen LogP contribution in [0, 0.1) is 0 Å². The van der Waals surface area contributed by atoms with Gasteiger partial charge in [-0.3, -0.25) is 4.79 Å². The molecule has 1 aliphatic rings. The number of amides is 1. The summed E-state index contributed by atoms with van der Waals surface area (Å²) in [4.78, 5) is 12.7. The number of carbonyl (C=O) groups is 1. The summed E-state index contributed by atoms with van der Waals surface area (Å²) < 4.78 is 0. The van der Waals surface area contributed by atoms with Crippen molar-refractivity contribution in [1.29, 1.82) is 0 Å². The summed E-state index contributed by atoms with van der Waals surface area (Å²) in [6, 6.07) is 8.40. The second kappa shape index (κ2) is 4.68. The zero-order valence-electron chi connectivity index (χ0n) is 8.62. The number of nitrogens with one attached hydrogen (secondary N) is 2. The fraction of sp³-hybridized carbons (Fsp3) is 0.364. The maximum Gasteiger partial charge on any atom is 0.234 e. The van der Waals surface area contributed by atoms with E-state index in [2.05, 4.69) is 22.8 Å². The van der Waals surface area contributed by atoms with Crippen LogP contribution in [0.2, 0.25) is 0 Å². The number of fused-ring (bicyclic) bond motifs is 1. The van der Waals surface area contributed by atoms with Crippen molar-refractivity contribution in [1.82, 2.24) is 10.6 Å². The summed E-state index contributed by atoms with van der Waals surface area (Å²) in [5.41, 5.74) is 1.24. The van der Waals surface area contributed by atoms with E-state index in [0.717, 1.165) is 5.75 Å². The monoisotopic (exact) mass is 222 g/mol. The molecule has 1 aliphatic heterocycles. The highest BCUT2D eigenvalue weighted by molar-refractivity contribution is 7.99. The van der Waals surface area contributed by atoms with Gasteiger partial charge in [0.25, 0.3) is 0 Å². The number of likely N-dealkylation sites (N-methyl/N-ethyl adjacent to an activating group) is 1. The molecular weight excluding hydrogens is 208 g/mol. The van der Waals surface area contributed by atoms with E-state index in [9.17, 15) is 4.79 Å². The standard InChI is InChI=1S/C11H14N2OS/c1-12-6-11(14)13-9-7-15-10-5-3-2-4-8(9)10/h2-5,9,12H,6-7H2,1H3,(H,13,14). The second-order valence-electron chi connectivity index (χ2n) is 3.50. The summed E-state index contributed by atoms with van der Waals surface area (Å²) >= 11 is 1.80. The summed E-state index contributed by atoms with van der Waals surface area (Å²) in [5, 5.41) is 5.86. The molecule has 0 saturated carbocycles.